The van der Waals surface area contributed by atoms with Crippen molar-refractivity contribution in [3.63, 3.8) is 0 Å². The minimum atomic E-state index is -0.134. The smallest absolute Gasteiger partial charge is 0.225 e. The molecule has 0 unspecified atom stereocenters. The number of aryl methyl sites for hydroxylation is 1. The number of nitrogens with one attached hydrogen (secondary N) is 1. The van der Waals surface area contributed by atoms with Gasteiger partial charge in [-0.3, -0.25) is 14.5 Å². The molecule has 152 valence electrons. The van der Waals surface area contributed by atoms with Gasteiger partial charge >= 0.3 is 0 Å². The molecular formula is C21H24N4O4. The van der Waals surface area contributed by atoms with Crippen LogP contribution in [0.1, 0.15) is 17.7 Å². The van der Waals surface area contributed by atoms with E-state index in [2.05, 4.69) is 15.4 Å². The van der Waals surface area contributed by atoms with Crippen LogP contribution in [-0.2, 0) is 17.8 Å². The number of ether oxygens (including phenoxy) is 3. The quantitative estimate of drug-likeness (QED) is 0.598. The number of hydrogen-bond donors (Lipinski definition) is 1. The summed E-state index contributed by atoms with van der Waals surface area (Å²) in [5.74, 6) is 2.03. The van der Waals surface area contributed by atoms with Crippen molar-refractivity contribution in [1.82, 2.24) is 14.8 Å². The highest BCUT2D eigenvalue weighted by Gasteiger charge is 2.16. The zero-order valence-electron chi connectivity index (χ0n) is 16.7. The summed E-state index contributed by atoms with van der Waals surface area (Å²) in [6, 6.07) is 11.2. The zero-order chi connectivity index (χ0) is 20.6. The Hall–Kier alpha value is -3.55. The van der Waals surface area contributed by atoms with E-state index in [0.29, 0.717) is 36.0 Å². The lowest BCUT2D eigenvalue weighted by Crippen LogP contribution is -2.13. The van der Waals surface area contributed by atoms with Gasteiger partial charge < -0.3 is 19.5 Å². The second kappa shape index (κ2) is 9.59. The van der Waals surface area contributed by atoms with Gasteiger partial charge in [0.25, 0.3) is 0 Å². The third kappa shape index (κ3) is 5.04. The van der Waals surface area contributed by atoms with Crippen LogP contribution in [0.5, 0.6) is 17.2 Å². The van der Waals surface area contributed by atoms with Crippen LogP contribution < -0.4 is 19.5 Å². The first-order valence-electron chi connectivity index (χ1n) is 9.15. The lowest BCUT2D eigenvalue weighted by molar-refractivity contribution is -0.116. The largest absolute Gasteiger partial charge is 0.493 e. The SMILES string of the molecule is COc1ccc(CCC(=O)Nc2ccn(Cc3ccccn3)n2)c(OC)c1OC. The summed E-state index contributed by atoms with van der Waals surface area (Å²) >= 11 is 0. The maximum atomic E-state index is 12.4. The number of hydrogen-bond acceptors (Lipinski definition) is 6. The van der Waals surface area contributed by atoms with Crippen molar-refractivity contribution in [3.8, 4) is 17.2 Å². The van der Waals surface area contributed by atoms with Gasteiger partial charge in [0.15, 0.2) is 17.3 Å². The topological polar surface area (TPSA) is 87.5 Å². The Balaban J connectivity index is 1.59. The molecule has 0 fully saturated rings. The van der Waals surface area contributed by atoms with Crippen LogP contribution in [0.3, 0.4) is 0 Å². The average Bonchev–Trinajstić information content (AvgIpc) is 3.18. The number of rotatable bonds is 9. The van der Waals surface area contributed by atoms with E-state index < -0.39 is 0 Å². The van der Waals surface area contributed by atoms with E-state index >= 15 is 0 Å². The van der Waals surface area contributed by atoms with Gasteiger partial charge in [-0.2, -0.15) is 5.10 Å². The molecule has 0 radical (unpaired) electrons. The lowest BCUT2D eigenvalue weighted by Gasteiger charge is -2.15. The van der Waals surface area contributed by atoms with Gasteiger partial charge in [-0.15, -0.1) is 0 Å². The highest BCUT2D eigenvalue weighted by Crippen LogP contribution is 2.40. The molecule has 29 heavy (non-hydrogen) atoms. The first-order chi connectivity index (χ1) is 14.1. The standard InChI is InChI=1S/C21H24N4O4/c1-27-17-9-7-15(20(28-2)21(17)29-3)8-10-19(26)23-18-11-13-25(24-18)14-16-6-4-5-12-22-16/h4-7,9,11-13H,8,10,14H2,1-3H3,(H,23,24,26). The molecule has 1 aromatic carbocycles. The van der Waals surface area contributed by atoms with Gasteiger partial charge in [-0.05, 0) is 30.2 Å². The molecule has 0 aliphatic heterocycles. The average molecular weight is 396 g/mol. The van der Waals surface area contributed by atoms with E-state index in [0.717, 1.165) is 11.3 Å². The zero-order valence-corrected chi connectivity index (χ0v) is 16.7. The van der Waals surface area contributed by atoms with Crippen LogP contribution in [0, 0.1) is 0 Å². The van der Waals surface area contributed by atoms with Crippen LogP contribution in [0.25, 0.3) is 0 Å². The van der Waals surface area contributed by atoms with Crippen LogP contribution >= 0.6 is 0 Å². The number of aromatic nitrogens is 3. The van der Waals surface area contributed by atoms with Gasteiger partial charge in [-0.1, -0.05) is 12.1 Å². The summed E-state index contributed by atoms with van der Waals surface area (Å²) in [5.41, 5.74) is 1.76. The molecular weight excluding hydrogens is 372 g/mol. The number of anilines is 1. The van der Waals surface area contributed by atoms with E-state index in [4.69, 9.17) is 14.2 Å². The Bertz CT molecular complexity index is 957. The second-order valence-corrected chi connectivity index (χ2v) is 6.26. The van der Waals surface area contributed by atoms with Crippen molar-refractivity contribution in [2.45, 2.75) is 19.4 Å². The monoisotopic (exact) mass is 396 g/mol. The number of amides is 1. The molecule has 3 aromatic rings. The molecule has 0 aliphatic rings. The third-order valence-electron chi connectivity index (χ3n) is 4.37. The number of benzene rings is 1. The molecule has 0 atom stereocenters. The molecule has 0 saturated heterocycles. The Kier molecular flexibility index (Phi) is 6.67. The first kappa shape index (κ1) is 20.2. The highest BCUT2D eigenvalue weighted by atomic mass is 16.5. The normalized spacial score (nSPS) is 10.4. The first-order valence-corrected chi connectivity index (χ1v) is 9.15. The van der Waals surface area contributed by atoms with Crippen LogP contribution in [-0.4, -0.2) is 42.0 Å². The Morgan fingerprint density at radius 2 is 1.86 bits per heavy atom. The number of nitrogens with zero attached hydrogens (tertiary/aromatic N) is 3. The Morgan fingerprint density at radius 3 is 2.55 bits per heavy atom. The van der Waals surface area contributed by atoms with Crippen LogP contribution in [0.15, 0.2) is 48.8 Å². The Morgan fingerprint density at radius 1 is 1.03 bits per heavy atom. The molecule has 3 rings (SSSR count). The molecule has 2 heterocycles. The Labute approximate surface area is 169 Å². The maximum absolute atomic E-state index is 12.4. The molecule has 1 amide bonds. The van der Waals surface area contributed by atoms with E-state index in [1.165, 1.54) is 0 Å². The number of carbonyl (C=O) groups is 1. The predicted molar refractivity (Wildman–Crippen MR) is 109 cm³/mol. The van der Waals surface area contributed by atoms with Gasteiger partial charge in [0.05, 0.1) is 33.6 Å². The van der Waals surface area contributed by atoms with Gasteiger partial charge in [0.2, 0.25) is 11.7 Å². The van der Waals surface area contributed by atoms with Crippen molar-refractivity contribution in [1.29, 1.82) is 0 Å². The van der Waals surface area contributed by atoms with E-state index in [-0.39, 0.29) is 12.3 Å². The molecule has 1 N–H and O–H groups in total. The molecule has 8 heteroatoms. The summed E-state index contributed by atoms with van der Waals surface area (Å²) in [6.07, 6.45) is 4.31. The third-order valence-corrected chi connectivity index (χ3v) is 4.37. The minimum absolute atomic E-state index is 0.134. The maximum Gasteiger partial charge on any atom is 0.225 e. The van der Waals surface area contributed by atoms with E-state index in [1.807, 2.05) is 30.5 Å². The van der Waals surface area contributed by atoms with Crippen LogP contribution in [0.4, 0.5) is 5.82 Å². The number of methoxy groups -OCH3 is 3. The molecule has 0 saturated carbocycles. The fourth-order valence-corrected chi connectivity index (χ4v) is 2.99. The van der Waals surface area contributed by atoms with Crippen molar-refractivity contribution in [2.24, 2.45) is 0 Å². The summed E-state index contributed by atoms with van der Waals surface area (Å²) in [5, 5.41) is 7.19. The van der Waals surface area contributed by atoms with Gasteiger partial charge in [0.1, 0.15) is 0 Å². The lowest BCUT2D eigenvalue weighted by atomic mass is 10.1. The molecule has 0 spiro atoms. The number of carbonyl (C=O) groups excluding carboxylic acids is 1. The fourth-order valence-electron chi connectivity index (χ4n) is 2.99. The second-order valence-electron chi connectivity index (χ2n) is 6.26. The van der Waals surface area contributed by atoms with Crippen molar-refractivity contribution >= 4 is 11.7 Å². The summed E-state index contributed by atoms with van der Waals surface area (Å²) in [7, 11) is 4.69. The fraction of sp³-hybridized carbons (Fsp3) is 0.286. The predicted octanol–water partition coefficient (Wildman–Crippen LogP) is 2.92. The van der Waals surface area contributed by atoms with Gasteiger partial charge in [-0.25, -0.2) is 0 Å². The van der Waals surface area contributed by atoms with E-state index in [1.54, 1.807) is 44.3 Å². The summed E-state index contributed by atoms with van der Waals surface area (Å²) < 4.78 is 17.9. The summed E-state index contributed by atoms with van der Waals surface area (Å²) in [6.45, 7) is 0.541. The minimum Gasteiger partial charge on any atom is -0.493 e. The van der Waals surface area contributed by atoms with Crippen molar-refractivity contribution in [3.05, 3.63) is 60.0 Å². The number of pyridine rings is 1. The molecule has 2 aromatic heterocycles. The van der Waals surface area contributed by atoms with Gasteiger partial charge in [0, 0.05) is 24.9 Å². The van der Waals surface area contributed by atoms with E-state index in [9.17, 15) is 4.79 Å². The molecule has 0 bridgehead atoms. The summed E-state index contributed by atoms with van der Waals surface area (Å²) in [4.78, 5) is 16.6. The molecule has 8 nitrogen and oxygen atoms in total. The van der Waals surface area contributed by atoms with Crippen LogP contribution in [0.2, 0.25) is 0 Å². The highest BCUT2D eigenvalue weighted by molar-refractivity contribution is 5.89. The molecule has 0 aliphatic carbocycles. The van der Waals surface area contributed by atoms with Crippen molar-refractivity contribution < 1.29 is 19.0 Å². The van der Waals surface area contributed by atoms with Crippen molar-refractivity contribution in [2.75, 3.05) is 26.6 Å².